The average Bonchev–Trinajstić information content (AvgIpc) is 2.33. The van der Waals surface area contributed by atoms with Gasteiger partial charge in [0, 0.05) is 26.3 Å². The van der Waals surface area contributed by atoms with E-state index in [-0.39, 0.29) is 0 Å². The molecule has 0 aromatic carbocycles. The molecule has 4 nitrogen and oxygen atoms in total. The van der Waals surface area contributed by atoms with Gasteiger partial charge < -0.3 is 5.11 Å². The van der Waals surface area contributed by atoms with Crippen molar-refractivity contribution in [1.29, 1.82) is 0 Å². The molecule has 66 valence electrons. The number of aryl methyl sites for hydroxylation is 1. The monoisotopic (exact) mass is 167 g/mol. The van der Waals surface area contributed by atoms with E-state index in [0.29, 0.717) is 13.1 Å². The summed E-state index contributed by atoms with van der Waals surface area (Å²) in [6.45, 7) is 1.37. The second-order valence-electron chi connectivity index (χ2n) is 3.58. The van der Waals surface area contributed by atoms with Crippen LogP contribution in [0.25, 0.3) is 0 Å². The number of nitrogens with zero attached hydrogens (tertiary/aromatic N) is 3. The summed E-state index contributed by atoms with van der Waals surface area (Å²) < 4.78 is 1.71. The van der Waals surface area contributed by atoms with Crippen LogP contribution in [0.2, 0.25) is 0 Å². The maximum Gasteiger partial charge on any atom is 0.133 e. The van der Waals surface area contributed by atoms with E-state index in [0.717, 1.165) is 5.69 Å². The minimum atomic E-state index is -0.698. The van der Waals surface area contributed by atoms with Crippen LogP contribution in [0.5, 0.6) is 0 Å². The Morgan fingerprint density at radius 1 is 1.50 bits per heavy atom. The molecule has 1 aliphatic heterocycles. The van der Waals surface area contributed by atoms with Crippen molar-refractivity contribution in [2.75, 3.05) is 20.1 Å². The Morgan fingerprint density at radius 2 is 2.17 bits per heavy atom. The van der Waals surface area contributed by atoms with E-state index in [9.17, 15) is 5.11 Å². The number of aliphatic hydroxyl groups is 1. The first-order chi connectivity index (χ1) is 5.60. The van der Waals surface area contributed by atoms with Crippen molar-refractivity contribution in [3.8, 4) is 0 Å². The van der Waals surface area contributed by atoms with Crippen molar-refractivity contribution in [1.82, 2.24) is 14.7 Å². The van der Waals surface area contributed by atoms with Gasteiger partial charge in [0.1, 0.15) is 5.60 Å². The fourth-order valence-corrected chi connectivity index (χ4v) is 1.67. The van der Waals surface area contributed by atoms with Crippen molar-refractivity contribution in [2.45, 2.75) is 5.60 Å². The Morgan fingerprint density at radius 3 is 2.58 bits per heavy atom. The zero-order valence-electron chi connectivity index (χ0n) is 7.36. The lowest BCUT2D eigenvalue weighted by molar-refractivity contribution is -0.0951. The molecular weight excluding hydrogens is 154 g/mol. The molecule has 0 unspecified atom stereocenters. The highest BCUT2D eigenvalue weighted by atomic mass is 16.3. The standard InChI is InChI=1S/C8H13N3O/c1-10-5-8(12,6-10)7-3-4-11(2)9-7/h3-4,12H,5-6H2,1-2H3. The highest BCUT2D eigenvalue weighted by Gasteiger charge is 2.42. The zero-order chi connectivity index (χ0) is 8.77. The molecule has 1 saturated heterocycles. The van der Waals surface area contributed by atoms with E-state index in [1.165, 1.54) is 0 Å². The van der Waals surface area contributed by atoms with Gasteiger partial charge in [0.2, 0.25) is 0 Å². The van der Waals surface area contributed by atoms with Crippen molar-refractivity contribution in [3.63, 3.8) is 0 Å². The SMILES string of the molecule is CN1CC(O)(c2ccn(C)n2)C1. The minimum absolute atomic E-state index is 0.685. The number of likely N-dealkylation sites (tertiary alicyclic amines) is 1. The Balaban J connectivity index is 2.20. The maximum atomic E-state index is 9.95. The summed E-state index contributed by atoms with van der Waals surface area (Å²) in [5, 5.41) is 14.1. The Labute approximate surface area is 71.4 Å². The van der Waals surface area contributed by atoms with Gasteiger partial charge in [-0.15, -0.1) is 0 Å². The van der Waals surface area contributed by atoms with E-state index >= 15 is 0 Å². The molecule has 0 atom stereocenters. The fourth-order valence-electron chi connectivity index (χ4n) is 1.67. The van der Waals surface area contributed by atoms with Crippen LogP contribution in [0.15, 0.2) is 12.3 Å². The predicted octanol–water partition coefficient (Wildman–Crippen LogP) is -0.447. The van der Waals surface area contributed by atoms with Crippen LogP contribution in [-0.4, -0.2) is 39.9 Å². The number of likely N-dealkylation sites (N-methyl/N-ethyl adjacent to an activating group) is 1. The molecule has 12 heavy (non-hydrogen) atoms. The van der Waals surface area contributed by atoms with Gasteiger partial charge in [0.25, 0.3) is 0 Å². The second-order valence-corrected chi connectivity index (χ2v) is 3.58. The summed E-state index contributed by atoms with van der Waals surface area (Å²) in [7, 11) is 3.84. The van der Waals surface area contributed by atoms with Crippen LogP contribution in [-0.2, 0) is 12.6 Å². The van der Waals surface area contributed by atoms with Crippen molar-refractivity contribution >= 4 is 0 Å². The first kappa shape index (κ1) is 7.76. The molecule has 1 aliphatic rings. The molecule has 1 fully saturated rings. The topological polar surface area (TPSA) is 41.3 Å². The van der Waals surface area contributed by atoms with Crippen molar-refractivity contribution < 1.29 is 5.11 Å². The third kappa shape index (κ3) is 1.04. The van der Waals surface area contributed by atoms with Gasteiger partial charge in [-0.2, -0.15) is 5.10 Å². The molecule has 2 heterocycles. The third-order valence-corrected chi connectivity index (χ3v) is 2.25. The molecule has 1 aromatic heterocycles. The smallest absolute Gasteiger partial charge is 0.133 e. The molecule has 1 aromatic rings. The third-order valence-electron chi connectivity index (χ3n) is 2.25. The van der Waals surface area contributed by atoms with Crippen LogP contribution in [0.1, 0.15) is 5.69 Å². The molecule has 1 N–H and O–H groups in total. The second kappa shape index (κ2) is 2.31. The van der Waals surface area contributed by atoms with Crippen LogP contribution in [0.4, 0.5) is 0 Å². The van der Waals surface area contributed by atoms with E-state index in [1.807, 2.05) is 26.4 Å². The zero-order valence-corrected chi connectivity index (χ0v) is 7.36. The summed E-state index contributed by atoms with van der Waals surface area (Å²) in [6.07, 6.45) is 1.85. The lowest BCUT2D eigenvalue weighted by Gasteiger charge is -2.43. The molecule has 2 rings (SSSR count). The van der Waals surface area contributed by atoms with Crippen LogP contribution in [0.3, 0.4) is 0 Å². The molecule has 0 amide bonds. The molecule has 0 spiro atoms. The average molecular weight is 167 g/mol. The molecule has 0 saturated carbocycles. The van der Waals surface area contributed by atoms with Crippen LogP contribution >= 0.6 is 0 Å². The van der Waals surface area contributed by atoms with E-state index in [1.54, 1.807) is 4.68 Å². The number of aromatic nitrogens is 2. The quantitative estimate of drug-likeness (QED) is 0.616. The van der Waals surface area contributed by atoms with Crippen molar-refractivity contribution in [3.05, 3.63) is 18.0 Å². The maximum absolute atomic E-state index is 9.95. The minimum Gasteiger partial charge on any atom is -0.381 e. The van der Waals surface area contributed by atoms with Gasteiger partial charge in [-0.25, -0.2) is 0 Å². The summed E-state index contributed by atoms with van der Waals surface area (Å²) >= 11 is 0. The first-order valence-electron chi connectivity index (χ1n) is 4.01. The van der Waals surface area contributed by atoms with Gasteiger partial charge in [-0.05, 0) is 13.1 Å². The highest BCUT2D eigenvalue weighted by molar-refractivity contribution is 5.16. The van der Waals surface area contributed by atoms with Gasteiger partial charge in [0.05, 0.1) is 5.69 Å². The lowest BCUT2D eigenvalue weighted by Crippen LogP contribution is -2.57. The first-order valence-corrected chi connectivity index (χ1v) is 4.01. The van der Waals surface area contributed by atoms with Gasteiger partial charge in [-0.1, -0.05) is 0 Å². The highest BCUT2D eigenvalue weighted by Crippen LogP contribution is 2.28. The Hall–Kier alpha value is -0.870. The summed E-state index contributed by atoms with van der Waals surface area (Å²) in [5.74, 6) is 0. The van der Waals surface area contributed by atoms with Crippen LogP contribution in [0, 0.1) is 0 Å². The molecule has 0 radical (unpaired) electrons. The normalized spacial score (nSPS) is 22.2. The summed E-state index contributed by atoms with van der Waals surface area (Å²) in [6, 6.07) is 1.87. The number of hydrogen-bond acceptors (Lipinski definition) is 3. The summed E-state index contributed by atoms with van der Waals surface area (Å²) in [5.41, 5.74) is 0.0822. The Kier molecular flexibility index (Phi) is 1.49. The molecule has 0 aliphatic carbocycles. The van der Waals surface area contributed by atoms with Gasteiger partial charge >= 0.3 is 0 Å². The fraction of sp³-hybridized carbons (Fsp3) is 0.625. The van der Waals surface area contributed by atoms with Gasteiger partial charge in [-0.3, -0.25) is 9.58 Å². The molecule has 4 heteroatoms. The van der Waals surface area contributed by atoms with E-state index in [4.69, 9.17) is 0 Å². The largest absolute Gasteiger partial charge is 0.381 e. The lowest BCUT2D eigenvalue weighted by atomic mass is 9.91. The predicted molar refractivity (Wildman–Crippen MR) is 44.6 cm³/mol. The number of hydrogen-bond donors (Lipinski definition) is 1. The Bertz CT molecular complexity index is 288. The number of β-amino-alcohol motifs (C(OH)–C–C–N with tert-alkyl or cyclic N) is 1. The van der Waals surface area contributed by atoms with Gasteiger partial charge in [0.15, 0.2) is 0 Å². The van der Waals surface area contributed by atoms with Crippen LogP contribution < -0.4 is 0 Å². The van der Waals surface area contributed by atoms with E-state index in [2.05, 4.69) is 10.00 Å². The number of rotatable bonds is 1. The molecule has 0 bridgehead atoms. The molecular formula is C8H13N3O. The van der Waals surface area contributed by atoms with Crippen molar-refractivity contribution in [2.24, 2.45) is 7.05 Å². The summed E-state index contributed by atoms with van der Waals surface area (Å²) in [4.78, 5) is 2.06. The van der Waals surface area contributed by atoms with E-state index < -0.39 is 5.60 Å².